The molecule has 6 heteroatoms. The van der Waals surface area contributed by atoms with Crippen LogP contribution in [0, 0.1) is 0 Å². The maximum Gasteiger partial charge on any atom is 0.242 e. The van der Waals surface area contributed by atoms with Gasteiger partial charge in [-0.15, -0.1) is 0 Å². The molecule has 31 heavy (non-hydrogen) atoms. The van der Waals surface area contributed by atoms with Gasteiger partial charge in [0, 0.05) is 13.2 Å². The molecular weight excluding hydrogens is 392 g/mol. The second kappa shape index (κ2) is 11.7. The van der Waals surface area contributed by atoms with Crippen molar-refractivity contribution in [2.45, 2.75) is 45.4 Å². The second-order valence-electron chi connectivity index (χ2n) is 7.68. The van der Waals surface area contributed by atoms with Gasteiger partial charge in [0.05, 0.1) is 13.2 Å². The molecule has 2 aromatic carbocycles. The summed E-state index contributed by atoms with van der Waals surface area (Å²) in [5, 5.41) is 3.10. The van der Waals surface area contributed by atoms with Crippen LogP contribution in [0.4, 0.5) is 0 Å². The second-order valence-corrected chi connectivity index (χ2v) is 7.68. The number of amides is 1. The summed E-state index contributed by atoms with van der Waals surface area (Å²) in [4.78, 5) is 15.3. The first-order valence-corrected chi connectivity index (χ1v) is 11.1. The van der Waals surface area contributed by atoms with Crippen LogP contribution in [0.2, 0.25) is 0 Å². The number of likely N-dealkylation sites (N-methyl/N-ethyl adjacent to an activating group) is 1. The Bertz CT molecular complexity index is 818. The minimum Gasteiger partial charge on any atom is -0.493 e. The van der Waals surface area contributed by atoms with Gasteiger partial charge in [-0.3, -0.25) is 9.69 Å². The molecule has 0 aromatic heterocycles. The van der Waals surface area contributed by atoms with Gasteiger partial charge in [0.2, 0.25) is 5.91 Å². The molecular formula is C25H34N2O4. The van der Waals surface area contributed by atoms with Gasteiger partial charge in [-0.1, -0.05) is 50.2 Å². The summed E-state index contributed by atoms with van der Waals surface area (Å²) in [5.41, 5.74) is 1.96. The molecule has 0 bridgehead atoms. The van der Waals surface area contributed by atoms with Crippen molar-refractivity contribution in [3.63, 3.8) is 0 Å². The van der Waals surface area contributed by atoms with Gasteiger partial charge in [0.1, 0.15) is 12.6 Å². The van der Waals surface area contributed by atoms with Gasteiger partial charge >= 0.3 is 0 Å². The molecule has 1 amide bonds. The predicted octanol–water partition coefficient (Wildman–Crippen LogP) is 3.95. The first-order chi connectivity index (χ1) is 15.2. The number of ether oxygens (including phenoxy) is 3. The zero-order chi connectivity index (χ0) is 22.1. The fourth-order valence-corrected chi connectivity index (χ4v) is 3.94. The van der Waals surface area contributed by atoms with E-state index in [1.165, 1.54) is 0 Å². The monoisotopic (exact) mass is 426 g/mol. The van der Waals surface area contributed by atoms with Crippen LogP contribution in [0.5, 0.6) is 11.5 Å². The van der Waals surface area contributed by atoms with Crippen molar-refractivity contribution in [2.75, 3.05) is 33.4 Å². The standard InChI is InChI=1S/C25H34N2O4/c1-4-27(5-2)24(20-10-7-6-8-11-20)25(28)26-17-19-13-14-22(23(16-19)29-3)31-18-21-12-9-15-30-21/h6-8,10-11,13-14,16,21,24H,4-5,9,12,15,17-18H2,1-3H3,(H,26,28). The number of hydrogen-bond acceptors (Lipinski definition) is 5. The average Bonchev–Trinajstić information content (AvgIpc) is 3.34. The van der Waals surface area contributed by atoms with Crippen LogP contribution in [0.3, 0.4) is 0 Å². The third-order valence-corrected chi connectivity index (χ3v) is 5.68. The van der Waals surface area contributed by atoms with Crippen molar-refractivity contribution in [1.29, 1.82) is 0 Å². The zero-order valence-electron chi connectivity index (χ0n) is 18.8. The lowest BCUT2D eigenvalue weighted by Gasteiger charge is -2.29. The van der Waals surface area contributed by atoms with Crippen molar-refractivity contribution >= 4 is 5.91 Å². The molecule has 6 nitrogen and oxygen atoms in total. The van der Waals surface area contributed by atoms with Crippen molar-refractivity contribution in [3.05, 3.63) is 59.7 Å². The Labute approximate surface area is 185 Å². The van der Waals surface area contributed by atoms with Crippen LogP contribution in [0.15, 0.2) is 48.5 Å². The summed E-state index contributed by atoms with van der Waals surface area (Å²) in [5.74, 6) is 1.35. The zero-order valence-corrected chi connectivity index (χ0v) is 18.8. The largest absolute Gasteiger partial charge is 0.493 e. The molecule has 168 valence electrons. The Hall–Kier alpha value is -2.57. The highest BCUT2D eigenvalue weighted by Gasteiger charge is 2.25. The van der Waals surface area contributed by atoms with E-state index in [1.807, 2.05) is 48.5 Å². The van der Waals surface area contributed by atoms with Gasteiger partial charge in [-0.05, 0) is 49.2 Å². The average molecular weight is 427 g/mol. The molecule has 0 saturated carbocycles. The molecule has 2 aromatic rings. The van der Waals surface area contributed by atoms with E-state index in [-0.39, 0.29) is 18.1 Å². The number of rotatable bonds is 11. The molecule has 2 atom stereocenters. The van der Waals surface area contributed by atoms with Crippen molar-refractivity contribution < 1.29 is 19.0 Å². The molecule has 1 aliphatic heterocycles. The number of hydrogen-bond donors (Lipinski definition) is 1. The van der Waals surface area contributed by atoms with Crippen LogP contribution < -0.4 is 14.8 Å². The van der Waals surface area contributed by atoms with E-state index >= 15 is 0 Å². The predicted molar refractivity (Wildman–Crippen MR) is 121 cm³/mol. The highest BCUT2D eigenvalue weighted by Crippen LogP contribution is 2.29. The van der Waals surface area contributed by atoms with E-state index in [2.05, 4.69) is 24.1 Å². The highest BCUT2D eigenvalue weighted by molar-refractivity contribution is 5.83. The van der Waals surface area contributed by atoms with E-state index in [1.54, 1.807) is 7.11 Å². The number of carbonyl (C=O) groups excluding carboxylic acids is 1. The maximum absolute atomic E-state index is 13.1. The van der Waals surface area contributed by atoms with Crippen LogP contribution in [-0.2, 0) is 16.1 Å². The Morgan fingerprint density at radius 2 is 1.94 bits per heavy atom. The molecule has 1 N–H and O–H groups in total. The highest BCUT2D eigenvalue weighted by atomic mass is 16.5. The normalized spacial score (nSPS) is 16.8. The van der Waals surface area contributed by atoms with Gasteiger partial charge in [-0.25, -0.2) is 0 Å². The quantitative estimate of drug-likeness (QED) is 0.590. The SMILES string of the molecule is CCN(CC)C(C(=O)NCc1ccc(OCC2CCCO2)c(OC)c1)c1ccccc1. The van der Waals surface area contributed by atoms with Crippen molar-refractivity contribution in [2.24, 2.45) is 0 Å². The lowest BCUT2D eigenvalue weighted by Crippen LogP contribution is -2.40. The number of nitrogens with zero attached hydrogens (tertiary/aromatic N) is 1. The van der Waals surface area contributed by atoms with Crippen molar-refractivity contribution in [1.82, 2.24) is 10.2 Å². The summed E-state index contributed by atoms with van der Waals surface area (Å²) in [6, 6.07) is 15.4. The topological polar surface area (TPSA) is 60.0 Å². The molecule has 2 unspecified atom stereocenters. The van der Waals surface area contributed by atoms with E-state index in [4.69, 9.17) is 14.2 Å². The number of carbonyl (C=O) groups is 1. The maximum atomic E-state index is 13.1. The van der Waals surface area contributed by atoms with E-state index in [0.717, 1.165) is 43.7 Å². The smallest absolute Gasteiger partial charge is 0.242 e. The molecule has 1 aliphatic rings. The number of nitrogens with one attached hydrogen (secondary N) is 1. The molecule has 0 radical (unpaired) electrons. The first kappa shape index (κ1) is 23.1. The molecule has 0 aliphatic carbocycles. The van der Waals surface area contributed by atoms with Gasteiger partial charge < -0.3 is 19.5 Å². The fourth-order valence-electron chi connectivity index (χ4n) is 3.94. The summed E-state index contributed by atoms with van der Waals surface area (Å²) in [7, 11) is 1.63. The van der Waals surface area contributed by atoms with E-state index in [9.17, 15) is 4.79 Å². The van der Waals surface area contributed by atoms with Crippen LogP contribution >= 0.6 is 0 Å². The summed E-state index contributed by atoms with van der Waals surface area (Å²) in [6.07, 6.45) is 2.27. The minimum atomic E-state index is -0.313. The molecule has 1 heterocycles. The van der Waals surface area contributed by atoms with Gasteiger partial charge in [0.25, 0.3) is 0 Å². The molecule has 0 spiro atoms. The fraction of sp³-hybridized carbons (Fsp3) is 0.480. The number of methoxy groups -OCH3 is 1. The third kappa shape index (κ3) is 6.21. The Balaban J connectivity index is 1.64. The van der Waals surface area contributed by atoms with E-state index < -0.39 is 0 Å². The van der Waals surface area contributed by atoms with Crippen molar-refractivity contribution in [3.8, 4) is 11.5 Å². The number of benzene rings is 2. The van der Waals surface area contributed by atoms with Crippen LogP contribution in [0.1, 0.15) is 43.9 Å². The van der Waals surface area contributed by atoms with Gasteiger partial charge in [-0.2, -0.15) is 0 Å². The lowest BCUT2D eigenvalue weighted by molar-refractivity contribution is -0.126. The molecule has 1 fully saturated rings. The van der Waals surface area contributed by atoms with Crippen LogP contribution in [-0.4, -0.2) is 50.3 Å². The Kier molecular flexibility index (Phi) is 8.74. The van der Waals surface area contributed by atoms with E-state index in [0.29, 0.717) is 24.7 Å². The summed E-state index contributed by atoms with van der Waals surface area (Å²) in [6.45, 7) is 7.50. The first-order valence-electron chi connectivity index (χ1n) is 11.1. The summed E-state index contributed by atoms with van der Waals surface area (Å²) >= 11 is 0. The minimum absolute atomic E-state index is 0.00687. The Morgan fingerprint density at radius 3 is 2.58 bits per heavy atom. The third-order valence-electron chi connectivity index (χ3n) is 5.68. The van der Waals surface area contributed by atoms with Crippen LogP contribution in [0.25, 0.3) is 0 Å². The molecule has 1 saturated heterocycles. The summed E-state index contributed by atoms with van der Waals surface area (Å²) < 4.78 is 17.0. The van der Waals surface area contributed by atoms with Gasteiger partial charge in [0.15, 0.2) is 11.5 Å². The lowest BCUT2D eigenvalue weighted by atomic mass is 10.0. The molecule has 3 rings (SSSR count). The Morgan fingerprint density at radius 1 is 1.16 bits per heavy atom.